The highest BCUT2D eigenvalue weighted by molar-refractivity contribution is 9.10. The van der Waals surface area contributed by atoms with Crippen LogP contribution in [0.25, 0.3) is 0 Å². The Morgan fingerprint density at radius 1 is 1.36 bits per heavy atom. The molecule has 0 spiro atoms. The third-order valence-corrected chi connectivity index (χ3v) is 4.00. The molecule has 0 fully saturated rings. The van der Waals surface area contributed by atoms with Gasteiger partial charge in [0.2, 0.25) is 0 Å². The van der Waals surface area contributed by atoms with Crippen molar-refractivity contribution in [2.75, 3.05) is 5.75 Å². The summed E-state index contributed by atoms with van der Waals surface area (Å²) in [5, 5.41) is 0. The minimum absolute atomic E-state index is 0.00856. The molecule has 4 heteroatoms. The average molecular weight is 275 g/mol. The largest absolute Gasteiger partial charge is 0.223 e. The highest BCUT2D eigenvalue weighted by atomic mass is 79.9. The van der Waals surface area contributed by atoms with Gasteiger partial charge in [-0.25, -0.2) is 8.42 Å². The summed E-state index contributed by atoms with van der Waals surface area (Å²) >= 11 is 3.25. The van der Waals surface area contributed by atoms with Crippen LogP contribution < -0.4 is 0 Å². The van der Waals surface area contributed by atoms with Crippen molar-refractivity contribution in [2.45, 2.75) is 11.8 Å². The fourth-order valence-electron chi connectivity index (χ4n) is 1.05. The van der Waals surface area contributed by atoms with Crippen LogP contribution in [0.4, 0.5) is 0 Å². The van der Waals surface area contributed by atoms with Crippen molar-refractivity contribution in [3.8, 4) is 0 Å². The fourth-order valence-corrected chi connectivity index (χ4v) is 2.68. The van der Waals surface area contributed by atoms with Crippen LogP contribution in [0.2, 0.25) is 0 Å². The van der Waals surface area contributed by atoms with Crippen LogP contribution in [0.1, 0.15) is 6.92 Å². The van der Waals surface area contributed by atoms with Crippen LogP contribution in [0.15, 0.2) is 45.8 Å². The molecule has 14 heavy (non-hydrogen) atoms. The number of halogens is 1. The third-order valence-electron chi connectivity index (χ3n) is 1.61. The number of benzene rings is 1. The van der Waals surface area contributed by atoms with Gasteiger partial charge in [-0.05, 0) is 31.2 Å². The van der Waals surface area contributed by atoms with E-state index in [4.69, 9.17) is 0 Å². The Labute approximate surface area is 92.7 Å². The topological polar surface area (TPSA) is 34.1 Å². The molecule has 0 aromatic heterocycles. The van der Waals surface area contributed by atoms with E-state index in [0.29, 0.717) is 10.5 Å². The Morgan fingerprint density at radius 3 is 2.29 bits per heavy atom. The van der Waals surface area contributed by atoms with Crippen LogP contribution in [-0.4, -0.2) is 14.2 Å². The van der Waals surface area contributed by atoms with E-state index in [2.05, 4.69) is 22.5 Å². The highest BCUT2D eigenvalue weighted by Crippen LogP contribution is 2.16. The molecule has 0 saturated carbocycles. The van der Waals surface area contributed by atoms with Crippen LogP contribution in [-0.2, 0) is 9.84 Å². The number of sulfone groups is 1. The Balaban J connectivity index is 3.05. The molecule has 0 heterocycles. The predicted octanol–water partition coefficient (Wildman–Crippen LogP) is 2.80. The molecular weight excluding hydrogens is 264 g/mol. The van der Waals surface area contributed by atoms with Crippen LogP contribution in [0.5, 0.6) is 0 Å². The Kier molecular flexibility index (Phi) is 3.50. The predicted molar refractivity (Wildman–Crippen MR) is 61.0 cm³/mol. The third kappa shape index (κ3) is 2.96. The van der Waals surface area contributed by atoms with Gasteiger partial charge in [0.15, 0.2) is 9.84 Å². The van der Waals surface area contributed by atoms with Gasteiger partial charge in [0.25, 0.3) is 0 Å². The van der Waals surface area contributed by atoms with Gasteiger partial charge in [-0.3, -0.25) is 0 Å². The second-order valence-corrected chi connectivity index (χ2v) is 6.08. The molecule has 1 aromatic carbocycles. The number of hydrogen-bond acceptors (Lipinski definition) is 2. The quantitative estimate of drug-likeness (QED) is 0.795. The molecule has 1 rings (SSSR count). The second-order valence-electron chi connectivity index (χ2n) is 3.17. The fraction of sp³-hybridized carbons (Fsp3) is 0.200. The summed E-state index contributed by atoms with van der Waals surface area (Å²) < 4.78 is 24.2. The maximum Gasteiger partial charge on any atom is 0.182 e. The van der Waals surface area contributed by atoms with Gasteiger partial charge in [0.05, 0.1) is 10.6 Å². The zero-order valence-corrected chi connectivity index (χ0v) is 10.2. The summed E-state index contributed by atoms with van der Waals surface area (Å²) in [5.74, 6) is 0.00856. The number of hydrogen-bond donors (Lipinski definition) is 0. The maximum atomic E-state index is 11.7. The second kappa shape index (κ2) is 4.28. The normalized spacial score (nSPS) is 11.3. The summed E-state index contributed by atoms with van der Waals surface area (Å²) in [6.45, 7) is 5.30. The molecule has 0 radical (unpaired) electrons. The van der Waals surface area contributed by atoms with E-state index in [1.54, 1.807) is 31.2 Å². The van der Waals surface area contributed by atoms with Gasteiger partial charge >= 0.3 is 0 Å². The minimum Gasteiger partial charge on any atom is -0.223 e. The van der Waals surface area contributed by atoms with Crippen LogP contribution >= 0.6 is 15.9 Å². The van der Waals surface area contributed by atoms with E-state index in [1.807, 2.05) is 0 Å². The lowest BCUT2D eigenvalue weighted by Crippen LogP contribution is -2.06. The van der Waals surface area contributed by atoms with E-state index < -0.39 is 9.84 Å². The monoisotopic (exact) mass is 274 g/mol. The first-order valence-corrected chi connectivity index (χ1v) is 6.49. The SMILES string of the molecule is C=C(C)CS(=O)(=O)c1ccc(Br)cc1. The van der Waals surface area contributed by atoms with E-state index in [-0.39, 0.29) is 5.75 Å². The van der Waals surface area contributed by atoms with Crippen molar-refractivity contribution in [2.24, 2.45) is 0 Å². The van der Waals surface area contributed by atoms with Gasteiger partial charge in [0, 0.05) is 4.47 Å². The molecule has 2 nitrogen and oxygen atoms in total. The van der Waals surface area contributed by atoms with Gasteiger partial charge in [0.1, 0.15) is 0 Å². The Bertz CT molecular complexity index is 432. The molecule has 0 bridgehead atoms. The first-order chi connectivity index (χ1) is 6.42. The molecule has 0 aliphatic rings. The number of rotatable bonds is 3. The zero-order valence-electron chi connectivity index (χ0n) is 7.83. The molecule has 0 N–H and O–H groups in total. The molecule has 0 aliphatic carbocycles. The lowest BCUT2D eigenvalue weighted by molar-refractivity contribution is 0.598. The van der Waals surface area contributed by atoms with Gasteiger partial charge in [-0.2, -0.15) is 0 Å². The molecule has 0 unspecified atom stereocenters. The van der Waals surface area contributed by atoms with Crippen LogP contribution in [0, 0.1) is 0 Å². The minimum atomic E-state index is -3.20. The Morgan fingerprint density at radius 2 is 1.86 bits per heavy atom. The molecule has 0 amide bonds. The smallest absolute Gasteiger partial charge is 0.182 e. The van der Waals surface area contributed by atoms with E-state index >= 15 is 0 Å². The summed E-state index contributed by atoms with van der Waals surface area (Å²) in [4.78, 5) is 0.337. The lowest BCUT2D eigenvalue weighted by atomic mass is 10.4. The lowest BCUT2D eigenvalue weighted by Gasteiger charge is -2.03. The van der Waals surface area contributed by atoms with Crippen molar-refractivity contribution < 1.29 is 8.42 Å². The summed E-state index contributed by atoms with van der Waals surface area (Å²) in [7, 11) is -3.20. The maximum absolute atomic E-state index is 11.7. The van der Waals surface area contributed by atoms with E-state index in [9.17, 15) is 8.42 Å². The molecule has 1 aromatic rings. The van der Waals surface area contributed by atoms with Crippen LogP contribution in [0.3, 0.4) is 0 Å². The highest BCUT2D eigenvalue weighted by Gasteiger charge is 2.13. The van der Waals surface area contributed by atoms with Gasteiger partial charge < -0.3 is 0 Å². The van der Waals surface area contributed by atoms with Crippen molar-refractivity contribution >= 4 is 25.8 Å². The molecular formula is C10H11BrO2S. The summed E-state index contributed by atoms with van der Waals surface area (Å²) in [5.41, 5.74) is 0.646. The summed E-state index contributed by atoms with van der Waals surface area (Å²) in [6, 6.07) is 6.60. The molecule has 0 saturated heterocycles. The Hall–Kier alpha value is -0.610. The van der Waals surface area contributed by atoms with Crippen molar-refractivity contribution in [1.82, 2.24) is 0 Å². The van der Waals surface area contributed by atoms with Crippen molar-refractivity contribution in [3.05, 3.63) is 40.9 Å². The average Bonchev–Trinajstić information content (AvgIpc) is 2.02. The zero-order chi connectivity index (χ0) is 10.8. The van der Waals surface area contributed by atoms with Gasteiger partial charge in [-0.15, -0.1) is 0 Å². The van der Waals surface area contributed by atoms with Gasteiger partial charge in [-0.1, -0.05) is 28.1 Å². The first kappa shape index (κ1) is 11.5. The molecule has 0 atom stereocenters. The standard InChI is InChI=1S/C10H11BrO2S/c1-8(2)7-14(12,13)10-5-3-9(11)4-6-10/h3-6H,1,7H2,2H3. The molecule has 0 aliphatic heterocycles. The summed E-state index contributed by atoms with van der Waals surface area (Å²) in [6.07, 6.45) is 0. The van der Waals surface area contributed by atoms with Crippen molar-refractivity contribution in [3.63, 3.8) is 0 Å². The van der Waals surface area contributed by atoms with Crippen molar-refractivity contribution in [1.29, 1.82) is 0 Å². The first-order valence-electron chi connectivity index (χ1n) is 4.04. The molecule has 76 valence electrons. The van der Waals surface area contributed by atoms with E-state index in [1.165, 1.54) is 0 Å². The van der Waals surface area contributed by atoms with E-state index in [0.717, 1.165) is 4.47 Å².